The van der Waals surface area contributed by atoms with Crippen molar-refractivity contribution in [2.24, 2.45) is 0 Å². The lowest BCUT2D eigenvalue weighted by Crippen LogP contribution is -2.00. The van der Waals surface area contributed by atoms with Gasteiger partial charge in [-0.25, -0.2) is 4.79 Å². The third-order valence-corrected chi connectivity index (χ3v) is 5.44. The van der Waals surface area contributed by atoms with Crippen LogP contribution in [0, 0.1) is 6.92 Å². The number of aromatic nitrogens is 2. The lowest BCUT2D eigenvalue weighted by molar-refractivity contribution is 0.468. The molecule has 124 valence electrons. The van der Waals surface area contributed by atoms with E-state index in [0.717, 1.165) is 20.4 Å². The molecule has 0 saturated carbocycles. The minimum Gasteiger partial charge on any atom is -0.508 e. The molecule has 0 saturated heterocycles. The van der Waals surface area contributed by atoms with Crippen LogP contribution >= 0.6 is 23.1 Å². The smallest absolute Gasteiger partial charge is 0.336 e. The number of nitrogens with zero attached hydrogens (tertiary/aromatic N) is 2. The van der Waals surface area contributed by atoms with Crippen molar-refractivity contribution in [3.05, 3.63) is 52.4 Å². The zero-order valence-corrected chi connectivity index (χ0v) is 14.5. The minimum absolute atomic E-state index is 0.109. The highest BCUT2D eigenvalue weighted by atomic mass is 32.2. The van der Waals surface area contributed by atoms with Crippen LogP contribution in [0.1, 0.15) is 11.1 Å². The molecule has 0 fully saturated rings. The average molecular weight is 361 g/mol. The van der Waals surface area contributed by atoms with Crippen molar-refractivity contribution >= 4 is 39.2 Å². The molecule has 0 unspecified atom stereocenters. The number of phenolic OH excluding ortho intramolecular Hbond substituents is 1. The predicted octanol–water partition coefficient (Wildman–Crippen LogP) is 3.55. The van der Waals surface area contributed by atoms with Crippen molar-refractivity contribution in [2.75, 3.05) is 11.9 Å². The number of nitrogens with one attached hydrogen (secondary N) is 1. The number of anilines is 1. The van der Waals surface area contributed by atoms with Crippen LogP contribution in [0.15, 0.2) is 44.4 Å². The summed E-state index contributed by atoms with van der Waals surface area (Å²) in [5.74, 6) is 0.667. The Kier molecular flexibility index (Phi) is 4.86. The van der Waals surface area contributed by atoms with E-state index in [1.807, 2.05) is 0 Å². The summed E-state index contributed by atoms with van der Waals surface area (Å²) in [6.45, 7) is 5.99. The standard InChI is InChI=1S/C16H15N3O3S2/c1-3-6-17-15-18-19-16(24-15)23-8-10-7-13(21)22-14-9(2)12(20)5-4-11(10)14/h3-5,7,20H,1,6,8H2,2H3,(H,17,18). The van der Waals surface area contributed by atoms with E-state index in [1.165, 1.54) is 29.2 Å². The first-order valence-corrected chi connectivity index (χ1v) is 8.95. The Balaban J connectivity index is 1.85. The highest BCUT2D eigenvalue weighted by Crippen LogP contribution is 2.32. The fraction of sp³-hybridized carbons (Fsp3) is 0.188. The van der Waals surface area contributed by atoms with Gasteiger partial charge in [0.05, 0.1) is 0 Å². The average Bonchev–Trinajstić information content (AvgIpc) is 3.02. The van der Waals surface area contributed by atoms with E-state index in [-0.39, 0.29) is 5.75 Å². The second-order valence-corrected chi connectivity index (χ2v) is 7.21. The molecule has 2 heterocycles. The largest absolute Gasteiger partial charge is 0.508 e. The van der Waals surface area contributed by atoms with Gasteiger partial charge in [0.15, 0.2) is 4.34 Å². The number of hydrogen-bond acceptors (Lipinski definition) is 8. The van der Waals surface area contributed by atoms with Crippen LogP contribution < -0.4 is 10.9 Å². The highest BCUT2D eigenvalue weighted by Gasteiger charge is 2.12. The van der Waals surface area contributed by atoms with Gasteiger partial charge in [0.25, 0.3) is 0 Å². The third kappa shape index (κ3) is 3.44. The molecule has 2 aromatic heterocycles. The van der Waals surface area contributed by atoms with Crippen molar-refractivity contribution < 1.29 is 9.52 Å². The molecule has 0 aliphatic heterocycles. The number of fused-ring (bicyclic) bond motifs is 1. The molecule has 3 aromatic rings. The van der Waals surface area contributed by atoms with E-state index in [0.29, 0.717) is 23.4 Å². The van der Waals surface area contributed by atoms with Crippen molar-refractivity contribution in [1.82, 2.24) is 10.2 Å². The first-order chi connectivity index (χ1) is 11.6. The first kappa shape index (κ1) is 16.5. The lowest BCUT2D eigenvalue weighted by Gasteiger charge is -2.07. The Bertz CT molecular complexity index is 949. The number of aromatic hydroxyl groups is 1. The van der Waals surface area contributed by atoms with Gasteiger partial charge < -0.3 is 14.8 Å². The summed E-state index contributed by atoms with van der Waals surface area (Å²) in [4.78, 5) is 11.8. The van der Waals surface area contributed by atoms with Gasteiger partial charge >= 0.3 is 5.63 Å². The summed E-state index contributed by atoms with van der Waals surface area (Å²) in [6, 6.07) is 4.84. The Hall–Kier alpha value is -2.32. The number of benzene rings is 1. The van der Waals surface area contributed by atoms with Gasteiger partial charge in [-0.2, -0.15) is 0 Å². The zero-order valence-electron chi connectivity index (χ0n) is 12.9. The second kappa shape index (κ2) is 7.06. The monoisotopic (exact) mass is 361 g/mol. The van der Waals surface area contributed by atoms with Gasteiger partial charge in [-0.05, 0) is 24.6 Å². The fourth-order valence-corrected chi connectivity index (χ4v) is 3.92. The molecular formula is C16H15N3O3S2. The van der Waals surface area contributed by atoms with E-state index in [9.17, 15) is 9.90 Å². The van der Waals surface area contributed by atoms with Crippen molar-refractivity contribution in [3.8, 4) is 5.75 Å². The van der Waals surface area contributed by atoms with Crippen molar-refractivity contribution in [3.63, 3.8) is 0 Å². The molecule has 24 heavy (non-hydrogen) atoms. The maximum Gasteiger partial charge on any atom is 0.336 e. The van der Waals surface area contributed by atoms with Gasteiger partial charge in [0.2, 0.25) is 5.13 Å². The molecule has 0 amide bonds. The molecular weight excluding hydrogens is 346 g/mol. The normalized spacial score (nSPS) is 10.9. The summed E-state index contributed by atoms with van der Waals surface area (Å²) in [7, 11) is 0. The summed E-state index contributed by atoms with van der Waals surface area (Å²) < 4.78 is 6.05. The van der Waals surface area contributed by atoms with Crippen LogP contribution in [0.5, 0.6) is 5.75 Å². The molecule has 0 aliphatic rings. The van der Waals surface area contributed by atoms with Crippen LogP contribution in [-0.2, 0) is 5.75 Å². The topological polar surface area (TPSA) is 88.3 Å². The quantitative estimate of drug-likeness (QED) is 0.394. The highest BCUT2D eigenvalue weighted by molar-refractivity contribution is 8.00. The van der Waals surface area contributed by atoms with Crippen LogP contribution in [0.4, 0.5) is 5.13 Å². The lowest BCUT2D eigenvalue weighted by atomic mass is 10.1. The second-order valence-electron chi connectivity index (χ2n) is 5.01. The molecule has 0 bridgehead atoms. The zero-order chi connectivity index (χ0) is 17.1. The molecule has 1 aromatic carbocycles. The number of aryl methyl sites for hydroxylation is 1. The van der Waals surface area contributed by atoms with Gasteiger partial charge in [-0.1, -0.05) is 29.2 Å². The molecule has 3 rings (SSSR count). The number of thioether (sulfide) groups is 1. The Morgan fingerprint density at radius 1 is 1.46 bits per heavy atom. The summed E-state index contributed by atoms with van der Waals surface area (Å²) in [6.07, 6.45) is 1.75. The minimum atomic E-state index is -0.433. The third-order valence-electron chi connectivity index (χ3n) is 3.37. The predicted molar refractivity (Wildman–Crippen MR) is 97.0 cm³/mol. The molecule has 0 atom stereocenters. The fourth-order valence-electron chi connectivity index (χ4n) is 2.17. The molecule has 0 radical (unpaired) electrons. The SMILES string of the molecule is C=CCNc1nnc(SCc2cc(=O)oc3c(C)c(O)ccc23)s1. The molecule has 0 spiro atoms. The maximum atomic E-state index is 11.8. The van der Waals surface area contributed by atoms with Crippen molar-refractivity contribution in [1.29, 1.82) is 0 Å². The van der Waals surface area contributed by atoms with E-state index in [2.05, 4.69) is 22.1 Å². The number of rotatable bonds is 6. The molecule has 6 nitrogen and oxygen atoms in total. The molecule has 2 N–H and O–H groups in total. The first-order valence-electron chi connectivity index (χ1n) is 7.15. The summed E-state index contributed by atoms with van der Waals surface area (Å²) >= 11 is 2.94. The summed E-state index contributed by atoms with van der Waals surface area (Å²) in [5.41, 5.74) is 1.38. The van der Waals surface area contributed by atoms with Gasteiger partial charge in [0, 0.05) is 29.3 Å². The summed E-state index contributed by atoms with van der Waals surface area (Å²) in [5, 5.41) is 22.6. The maximum absolute atomic E-state index is 11.8. The Labute approximate surface area is 146 Å². The van der Waals surface area contributed by atoms with E-state index < -0.39 is 5.63 Å². The van der Waals surface area contributed by atoms with E-state index in [1.54, 1.807) is 25.1 Å². The number of phenols is 1. The van der Waals surface area contributed by atoms with E-state index >= 15 is 0 Å². The van der Waals surface area contributed by atoms with Gasteiger partial charge in [-0.15, -0.1) is 16.8 Å². The number of hydrogen-bond donors (Lipinski definition) is 2. The van der Waals surface area contributed by atoms with Crippen LogP contribution in [0.2, 0.25) is 0 Å². The van der Waals surface area contributed by atoms with E-state index in [4.69, 9.17) is 4.42 Å². The van der Waals surface area contributed by atoms with Crippen LogP contribution in [0.25, 0.3) is 11.0 Å². The van der Waals surface area contributed by atoms with Gasteiger partial charge in [-0.3, -0.25) is 0 Å². The van der Waals surface area contributed by atoms with Crippen LogP contribution in [-0.4, -0.2) is 21.8 Å². The van der Waals surface area contributed by atoms with Crippen LogP contribution in [0.3, 0.4) is 0 Å². The Morgan fingerprint density at radius 2 is 2.29 bits per heavy atom. The Morgan fingerprint density at radius 3 is 3.08 bits per heavy atom. The van der Waals surface area contributed by atoms with Crippen molar-refractivity contribution in [2.45, 2.75) is 17.0 Å². The van der Waals surface area contributed by atoms with Gasteiger partial charge in [0.1, 0.15) is 11.3 Å². The molecule has 0 aliphatic carbocycles. The molecule has 8 heteroatoms.